The molecule has 3 atom stereocenters. The van der Waals surface area contributed by atoms with Gasteiger partial charge in [-0.1, -0.05) is 30.3 Å². The molecule has 132 valence electrons. The largest absolute Gasteiger partial charge is 0.469 e. The smallest absolute Gasteiger partial charge is 0.319 e. The van der Waals surface area contributed by atoms with Crippen LogP contribution >= 0.6 is 0 Å². The molecule has 0 saturated carbocycles. The van der Waals surface area contributed by atoms with E-state index < -0.39 is 30.2 Å². The molecule has 0 unspecified atom stereocenters. The molecule has 1 aromatic carbocycles. The van der Waals surface area contributed by atoms with Crippen LogP contribution in [-0.2, 0) is 30.4 Å². The van der Waals surface area contributed by atoms with Crippen molar-refractivity contribution < 1.29 is 28.9 Å². The highest BCUT2D eigenvalue weighted by molar-refractivity contribution is 5.72. The topological polar surface area (TPSA) is 85.3 Å². The van der Waals surface area contributed by atoms with Gasteiger partial charge in [-0.2, -0.15) is 0 Å². The lowest BCUT2D eigenvalue weighted by molar-refractivity contribution is -0.147. The number of nitrogens with zero attached hydrogens (tertiary/aromatic N) is 1. The Labute approximate surface area is 141 Å². The Kier molecular flexibility index (Phi) is 6.72. The van der Waals surface area contributed by atoms with Gasteiger partial charge in [-0.05, 0) is 5.56 Å². The normalized spacial score (nSPS) is 23.9. The molecule has 1 aliphatic rings. The number of β-amino-alcohol motifs (C(OH)–C–C–N with tert-alkyl or cyclic N) is 1. The number of methoxy groups -OCH3 is 2. The first kappa shape index (κ1) is 18.4. The molecule has 7 heteroatoms. The number of carbonyl (C=O) groups excluding carboxylic acids is 2. The first-order chi connectivity index (χ1) is 11.5. The summed E-state index contributed by atoms with van der Waals surface area (Å²) in [5.74, 6) is -0.849. The van der Waals surface area contributed by atoms with Crippen molar-refractivity contribution >= 4 is 11.9 Å². The van der Waals surface area contributed by atoms with Crippen LogP contribution in [0.15, 0.2) is 30.3 Å². The molecule has 1 aliphatic heterocycles. The van der Waals surface area contributed by atoms with Crippen molar-refractivity contribution in [1.29, 1.82) is 0 Å². The standard InChI is InChI=1S/C17H23NO6/c1-22-15(20)8-13-17(24-11-12-6-4-3-5-7-12)14(19)9-18(13)10-16(21)23-2/h3-7,13-14,17,19H,8-11H2,1-2H3/t13-,14-,17-/m0/s1. The Bertz CT molecular complexity index is 549. The second-order valence-corrected chi connectivity index (χ2v) is 5.68. The molecule has 0 bridgehead atoms. The van der Waals surface area contributed by atoms with Crippen LogP contribution in [0.2, 0.25) is 0 Å². The minimum Gasteiger partial charge on any atom is -0.469 e. The third kappa shape index (κ3) is 4.77. The summed E-state index contributed by atoms with van der Waals surface area (Å²) in [5, 5.41) is 10.3. The summed E-state index contributed by atoms with van der Waals surface area (Å²) in [7, 11) is 2.60. The maximum absolute atomic E-state index is 11.7. The Morgan fingerprint density at radius 1 is 1.17 bits per heavy atom. The summed E-state index contributed by atoms with van der Waals surface area (Å²) in [6, 6.07) is 9.10. The zero-order chi connectivity index (χ0) is 17.5. The van der Waals surface area contributed by atoms with Crippen LogP contribution in [0, 0.1) is 0 Å². The maximum Gasteiger partial charge on any atom is 0.319 e. The molecule has 0 aliphatic carbocycles. The van der Waals surface area contributed by atoms with E-state index in [0.29, 0.717) is 6.61 Å². The summed E-state index contributed by atoms with van der Waals surface area (Å²) in [4.78, 5) is 24.9. The van der Waals surface area contributed by atoms with Gasteiger partial charge in [0.1, 0.15) is 6.10 Å². The van der Waals surface area contributed by atoms with E-state index in [1.165, 1.54) is 14.2 Å². The number of benzene rings is 1. The number of carbonyl (C=O) groups is 2. The fourth-order valence-corrected chi connectivity index (χ4v) is 2.84. The molecular formula is C17H23NO6. The maximum atomic E-state index is 11.7. The molecule has 1 saturated heterocycles. The van der Waals surface area contributed by atoms with Gasteiger partial charge >= 0.3 is 11.9 Å². The molecule has 7 nitrogen and oxygen atoms in total. The summed E-state index contributed by atoms with van der Waals surface area (Å²) >= 11 is 0. The van der Waals surface area contributed by atoms with Crippen LogP contribution in [-0.4, -0.2) is 67.5 Å². The Morgan fingerprint density at radius 2 is 1.83 bits per heavy atom. The quantitative estimate of drug-likeness (QED) is 0.719. The van der Waals surface area contributed by atoms with Gasteiger partial charge in [0.05, 0.1) is 39.9 Å². The van der Waals surface area contributed by atoms with Gasteiger partial charge in [-0.25, -0.2) is 0 Å². The number of esters is 2. The third-order valence-electron chi connectivity index (χ3n) is 4.10. The monoisotopic (exact) mass is 337 g/mol. The molecule has 2 rings (SSSR count). The predicted molar refractivity (Wildman–Crippen MR) is 85.0 cm³/mol. The van der Waals surface area contributed by atoms with Crippen LogP contribution in [0.5, 0.6) is 0 Å². The number of hydrogen-bond acceptors (Lipinski definition) is 7. The minimum atomic E-state index is -0.798. The second-order valence-electron chi connectivity index (χ2n) is 5.68. The van der Waals surface area contributed by atoms with Gasteiger partial charge < -0.3 is 19.3 Å². The lowest BCUT2D eigenvalue weighted by Gasteiger charge is -2.26. The molecule has 1 N–H and O–H groups in total. The van der Waals surface area contributed by atoms with Crippen molar-refractivity contribution in [3.05, 3.63) is 35.9 Å². The van der Waals surface area contributed by atoms with Crippen LogP contribution in [0.4, 0.5) is 0 Å². The highest BCUT2D eigenvalue weighted by Crippen LogP contribution is 2.25. The van der Waals surface area contributed by atoms with E-state index in [1.54, 1.807) is 4.90 Å². The number of ether oxygens (including phenoxy) is 3. The predicted octanol–water partition coefficient (Wildman–Crippen LogP) is 0.353. The summed E-state index contributed by atoms with van der Waals surface area (Å²) in [5.41, 5.74) is 0.966. The van der Waals surface area contributed by atoms with Crippen LogP contribution < -0.4 is 0 Å². The molecular weight excluding hydrogens is 314 g/mol. The molecule has 1 fully saturated rings. The third-order valence-corrected chi connectivity index (χ3v) is 4.10. The molecule has 0 aromatic heterocycles. The van der Waals surface area contributed by atoms with Gasteiger partial charge in [0.15, 0.2) is 0 Å². The van der Waals surface area contributed by atoms with E-state index >= 15 is 0 Å². The zero-order valence-corrected chi connectivity index (χ0v) is 13.9. The van der Waals surface area contributed by atoms with E-state index in [4.69, 9.17) is 9.47 Å². The molecule has 0 spiro atoms. The molecule has 0 amide bonds. The summed E-state index contributed by atoms with van der Waals surface area (Å²) in [6.45, 7) is 0.531. The number of rotatable bonds is 7. The Hall–Kier alpha value is -1.96. The van der Waals surface area contributed by atoms with Crippen molar-refractivity contribution in [2.24, 2.45) is 0 Å². The molecule has 1 heterocycles. The van der Waals surface area contributed by atoms with Gasteiger partial charge in [0, 0.05) is 12.6 Å². The van der Waals surface area contributed by atoms with Crippen molar-refractivity contribution in [3.8, 4) is 0 Å². The first-order valence-corrected chi connectivity index (χ1v) is 7.76. The first-order valence-electron chi connectivity index (χ1n) is 7.76. The average Bonchev–Trinajstić information content (AvgIpc) is 2.88. The van der Waals surface area contributed by atoms with Crippen LogP contribution in [0.3, 0.4) is 0 Å². The van der Waals surface area contributed by atoms with E-state index in [0.717, 1.165) is 5.56 Å². The number of hydrogen-bond donors (Lipinski definition) is 1. The van der Waals surface area contributed by atoms with Crippen LogP contribution in [0.25, 0.3) is 0 Å². The van der Waals surface area contributed by atoms with Crippen molar-refractivity contribution in [3.63, 3.8) is 0 Å². The fourth-order valence-electron chi connectivity index (χ4n) is 2.84. The summed E-state index contributed by atoms with van der Waals surface area (Å²) in [6.07, 6.45) is -1.36. The van der Waals surface area contributed by atoms with E-state index in [-0.39, 0.29) is 19.5 Å². The fraction of sp³-hybridized carbons (Fsp3) is 0.529. The van der Waals surface area contributed by atoms with E-state index in [1.807, 2.05) is 30.3 Å². The number of aliphatic hydroxyl groups excluding tert-OH is 1. The van der Waals surface area contributed by atoms with Crippen molar-refractivity contribution in [2.45, 2.75) is 31.3 Å². The SMILES string of the molecule is COC(=O)C[C@H]1[C@H](OCc2ccccc2)[C@@H](O)CN1CC(=O)OC. The van der Waals surface area contributed by atoms with Crippen molar-refractivity contribution in [2.75, 3.05) is 27.3 Å². The van der Waals surface area contributed by atoms with Crippen LogP contribution in [0.1, 0.15) is 12.0 Å². The average molecular weight is 337 g/mol. The number of likely N-dealkylation sites (tertiary alicyclic amines) is 1. The minimum absolute atomic E-state index is 0.0135. The Balaban J connectivity index is 2.07. The number of aliphatic hydroxyl groups is 1. The second kappa shape index (κ2) is 8.77. The lowest BCUT2D eigenvalue weighted by atomic mass is 10.1. The zero-order valence-electron chi connectivity index (χ0n) is 13.9. The van der Waals surface area contributed by atoms with Gasteiger partial charge in [-0.3, -0.25) is 14.5 Å². The molecule has 24 heavy (non-hydrogen) atoms. The van der Waals surface area contributed by atoms with Crippen molar-refractivity contribution in [1.82, 2.24) is 4.90 Å². The van der Waals surface area contributed by atoms with Gasteiger partial charge in [0.2, 0.25) is 0 Å². The lowest BCUT2D eigenvalue weighted by Crippen LogP contribution is -2.42. The summed E-state index contributed by atoms with van der Waals surface area (Å²) < 4.78 is 15.2. The van der Waals surface area contributed by atoms with Gasteiger partial charge in [-0.15, -0.1) is 0 Å². The molecule has 1 aromatic rings. The Morgan fingerprint density at radius 3 is 2.46 bits per heavy atom. The molecule has 0 radical (unpaired) electrons. The highest BCUT2D eigenvalue weighted by atomic mass is 16.5. The highest BCUT2D eigenvalue weighted by Gasteiger charge is 2.43. The van der Waals surface area contributed by atoms with E-state index in [9.17, 15) is 14.7 Å². The van der Waals surface area contributed by atoms with E-state index in [2.05, 4.69) is 4.74 Å². The van der Waals surface area contributed by atoms with Gasteiger partial charge in [0.25, 0.3) is 0 Å².